The number of aromatic nitrogens is 2. The molecule has 1 aromatic heterocycles. The van der Waals surface area contributed by atoms with E-state index < -0.39 is 0 Å². The first-order valence-corrected chi connectivity index (χ1v) is 6.45. The molecule has 0 aliphatic rings. The van der Waals surface area contributed by atoms with Crippen LogP contribution in [0.25, 0.3) is 0 Å². The lowest BCUT2D eigenvalue weighted by Gasteiger charge is -2.19. The maximum absolute atomic E-state index is 11.7. The molecule has 1 atom stereocenters. The second kappa shape index (κ2) is 5.69. The summed E-state index contributed by atoms with van der Waals surface area (Å²) in [5.74, 6) is 0.860. The van der Waals surface area contributed by atoms with E-state index in [9.17, 15) is 4.79 Å². The molecule has 0 saturated carbocycles. The molecule has 4 nitrogen and oxygen atoms in total. The van der Waals surface area contributed by atoms with Crippen LogP contribution in [0.2, 0.25) is 0 Å². The lowest BCUT2D eigenvalue weighted by Crippen LogP contribution is -2.30. The van der Waals surface area contributed by atoms with Crippen molar-refractivity contribution in [2.45, 2.75) is 26.3 Å². The summed E-state index contributed by atoms with van der Waals surface area (Å²) in [5, 5.41) is 3.02. The van der Waals surface area contributed by atoms with Crippen molar-refractivity contribution in [2.75, 3.05) is 0 Å². The third kappa shape index (κ3) is 3.02. The third-order valence-electron chi connectivity index (χ3n) is 3.15. The first kappa shape index (κ1) is 13.3. The number of benzene rings is 1. The summed E-state index contributed by atoms with van der Waals surface area (Å²) in [4.78, 5) is 16.1. The van der Waals surface area contributed by atoms with Gasteiger partial charge in [-0.15, -0.1) is 0 Å². The highest BCUT2D eigenvalue weighted by molar-refractivity contribution is 5.76. The van der Waals surface area contributed by atoms with Gasteiger partial charge in [0, 0.05) is 25.9 Å². The van der Waals surface area contributed by atoms with E-state index >= 15 is 0 Å². The van der Waals surface area contributed by atoms with Crippen LogP contribution >= 0.6 is 0 Å². The van der Waals surface area contributed by atoms with Crippen LogP contribution in [0.5, 0.6) is 0 Å². The summed E-state index contributed by atoms with van der Waals surface area (Å²) in [7, 11) is 1.93. The molecule has 100 valence electrons. The van der Waals surface area contributed by atoms with Crippen LogP contribution in [0.4, 0.5) is 0 Å². The van der Waals surface area contributed by atoms with Gasteiger partial charge in [0.05, 0.1) is 0 Å². The summed E-state index contributed by atoms with van der Waals surface area (Å²) in [6.07, 6.45) is 4.09. The largest absolute Gasteiger partial charge is 0.342 e. The summed E-state index contributed by atoms with van der Waals surface area (Å²) in [5.41, 5.74) is 2.24. The highest BCUT2D eigenvalue weighted by Crippen LogP contribution is 2.20. The Morgan fingerprint density at radius 3 is 2.58 bits per heavy atom. The molecule has 0 fully saturated rings. The molecule has 0 aliphatic carbocycles. The number of aryl methyl sites for hydroxylation is 2. The Balaban J connectivity index is 2.37. The second-order valence-electron chi connectivity index (χ2n) is 4.66. The van der Waals surface area contributed by atoms with Crippen LogP contribution in [0.1, 0.15) is 36.3 Å². The molecule has 1 N–H and O–H groups in total. The average Bonchev–Trinajstić information content (AvgIpc) is 2.83. The fraction of sp³-hybridized carbons (Fsp3) is 0.333. The van der Waals surface area contributed by atoms with Crippen LogP contribution in [0.15, 0.2) is 36.7 Å². The van der Waals surface area contributed by atoms with Crippen LogP contribution < -0.4 is 5.32 Å². The van der Waals surface area contributed by atoms with Crippen molar-refractivity contribution >= 4 is 5.91 Å². The molecular weight excluding hydrogens is 238 g/mol. The Labute approximate surface area is 113 Å². The monoisotopic (exact) mass is 257 g/mol. The molecule has 4 heteroatoms. The van der Waals surface area contributed by atoms with E-state index in [1.807, 2.05) is 55.9 Å². The van der Waals surface area contributed by atoms with Crippen molar-refractivity contribution < 1.29 is 4.79 Å². The van der Waals surface area contributed by atoms with Gasteiger partial charge >= 0.3 is 0 Å². The molecule has 19 heavy (non-hydrogen) atoms. The van der Waals surface area contributed by atoms with Gasteiger partial charge in [-0.25, -0.2) is 4.98 Å². The van der Waals surface area contributed by atoms with E-state index in [2.05, 4.69) is 10.3 Å². The molecule has 0 aliphatic heterocycles. The van der Waals surface area contributed by atoms with Crippen LogP contribution in [-0.2, 0) is 11.8 Å². The summed E-state index contributed by atoms with van der Waals surface area (Å²) >= 11 is 0. The van der Waals surface area contributed by atoms with Gasteiger partial charge in [-0.05, 0) is 12.5 Å². The molecule has 1 unspecified atom stereocenters. The molecule has 1 aromatic carbocycles. The second-order valence-corrected chi connectivity index (χ2v) is 4.66. The summed E-state index contributed by atoms with van der Waals surface area (Å²) < 4.78 is 1.93. The molecule has 0 radical (unpaired) electrons. The predicted molar refractivity (Wildman–Crippen MR) is 74.7 cm³/mol. The minimum atomic E-state index is -0.201. The SMILES string of the molecule is CCC(=O)NC(c1ccc(C)cc1)c1nccn1C. The van der Waals surface area contributed by atoms with E-state index in [1.165, 1.54) is 5.56 Å². The van der Waals surface area contributed by atoms with Crippen LogP contribution in [-0.4, -0.2) is 15.5 Å². The van der Waals surface area contributed by atoms with Gasteiger partial charge in [0.15, 0.2) is 0 Å². The van der Waals surface area contributed by atoms with Gasteiger partial charge in [-0.1, -0.05) is 36.8 Å². The maximum Gasteiger partial charge on any atom is 0.220 e. The van der Waals surface area contributed by atoms with E-state index in [0.717, 1.165) is 11.4 Å². The number of imidazole rings is 1. The zero-order valence-corrected chi connectivity index (χ0v) is 11.6. The predicted octanol–water partition coefficient (Wildman–Crippen LogP) is 2.34. The van der Waals surface area contributed by atoms with E-state index in [1.54, 1.807) is 6.20 Å². The first-order chi connectivity index (χ1) is 9.11. The summed E-state index contributed by atoms with van der Waals surface area (Å²) in [6, 6.07) is 7.95. The fourth-order valence-electron chi connectivity index (χ4n) is 1.97. The minimum absolute atomic E-state index is 0.0218. The normalized spacial score (nSPS) is 12.2. The van der Waals surface area contributed by atoms with Crippen molar-refractivity contribution in [3.05, 3.63) is 53.6 Å². The molecule has 0 spiro atoms. The zero-order valence-electron chi connectivity index (χ0n) is 11.6. The van der Waals surface area contributed by atoms with Crippen molar-refractivity contribution in [1.82, 2.24) is 14.9 Å². The Morgan fingerprint density at radius 1 is 1.37 bits per heavy atom. The van der Waals surface area contributed by atoms with Gasteiger partial charge in [0.25, 0.3) is 0 Å². The summed E-state index contributed by atoms with van der Waals surface area (Å²) in [6.45, 7) is 3.89. The van der Waals surface area contributed by atoms with Crippen molar-refractivity contribution in [3.8, 4) is 0 Å². The van der Waals surface area contributed by atoms with Gasteiger partial charge in [-0.2, -0.15) is 0 Å². The number of nitrogens with zero attached hydrogens (tertiary/aromatic N) is 2. The zero-order chi connectivity index (χ0) is 13.8. The van der Waals surface area contributed by atoms with Gasteiger partial charge in [-0.3, -0.25) is 4.79 Å². The van der Waals surface area contributed by atoms with Crippen molar-refractivity contribution in [2.24, 2.45) is 7.05 Å². The lowest BCUT2D eigenvalue weighted by atomic mass is 10.0. The Hall–Kier alpha value is -2.10. The molecule has 0 bridgehead atoms. The molecule has 1 heterocycles. The lowest BCUT2D eigenvalue weighted by molar-refractivity contribution is -0.121. The van der Waals surface area contributed by atoms with Gasteiger partial charge in [0.1, 0.15) is 11.9 Å². The fourth-order valence-corrected chi connectivity index (χ4v) is 1.97. The topological polar surface area (TPSA) is 46.9 Å². The number of nitrogens with one attached hydrogen (secondary N) is 1. The molecule has 2 rings (SSSR count). The van der Waals surface area contributed by atoms with E-state index in [0.29, 0.717) is 6.42 Å². The Kier molecular flexibility index (Phi) is 4.00. The highest BCUT2D eigenvalue weighted by atomic mass is 16.1. The smallest absolute Gasteiger partial charge is 0.220 e. The standard InChI is InChI=1S/C15H19N3O/c1-4-13(19)17-14(15-16-9-10-18(15)3)12-7-5-11(2)6-8-12/h5-10,14H,4H2,1-3H3,(H,17,19). The maximum atomic E-state index is 11.7. The number of hydrogen-bond acceptors (Lipinski definition) is 2. The van der Waals surface area contributed by atoms with Crippen molar-refractivity contribution in [3.63, 3.8) is 0 Å². The molecule has 2 aromatic rings. The number of rotatable bonds is 4. The quantitative estimate of drug-likeness (QED) is 0.914. The minimum Gasteiger partial charge on any atom is -0.342 e. The van der Waals surface area contributed by atoms with E-state index in [-0.39, 0.29) is 11.9 Å². The molecule has 1 amide bonds. The number of amides is 1. The molecular formula is C15H19N3O. The first-order valence-electron chi connectivity index (χ1n) is 6.45. The molecule has 0 saturated heterocycles. The Morgan fingerprint density at radius 2 is 2.05 bits per heavy atom. The average molecular weight is 257 g/mol. The van der Waals surface area contributed by atoms with Crippen molar-refractivity contribution in [1.29, 1.82) is 0 Å². The number of hydrogen-bond donors (Lipinski definition) is 1. The highest BCUT2D eigenvalue weighted by Gasteiger charge is 2.19. The third-order valence-corrected chi connectivity index (χ3v) is 3.15. The Bertz CT molecular complexity index is 557. The van der Waals surface area contributed by atoms with Gasteiger partial charge < -0.3 is 9.88 Å². The van der Waals surface area contributed by atoms with E-state index in [4.69, 9.17) is 0 Å². The number of carbonyl (C=O) groups is 1. The van der Waals surface area contributed by atoms with Crippen LogP contribution in [0, 0.1) is 6.92 Å². The number of carbonyl (C=O) groups excluding carboxylic acids is 1. The van der Waals surface area contributed by atoms with Crippen LogP contribution in [0.3, 0.4) is 0 Å². The van der Waals surface area contributed by atoms with Gasteiger partial charge in [0.2, 0.25) is 5.91 Å².